The number of amides is 2. The molecule has 0 saturated carbocycles. The Morgan fingerprint density at radius 2 is 1.63 bits per heavy atom. The highest BCUT2D eigenvalue weighted by atomic mass is 16.5. The van der Waals surface area contributed by atoms with E-state index in [1.807, 2.05) is 38.1 Å². The van der Waals surface area contributed by atoms with Gasteiger partial charge in [0.15, 0.2) is 0 Å². The molecule has 2 aromatic rings. The van der Waals surface area contributed by atoms with Gasteiger partial charge in [0, 0.05) is 5.92 Å². The van der Waals surface area contributed by atoms with Crippen LogP contribution in [0.15, 0.2) is 48.5 Å². The molecule has 0 bridgehead atoms. The van der Waals surface area contributed by atoms with Crippen molar-refractivity contribution >= 4 is 12.0 Å². The lowest BCUT2D eigenvalue weighted by Gasteiger charge is -2.22. The van der Waals surface area contributed by atoms with E-state index >= 15 is 0 Å². The van der Waals surface area contributed by atoms with E-state index in [1.54, 1.807) is 0 Å². The number of nitrogens with two attached hydrogens (primary N) is 1. The van der Waals surface area contributed by atoms with E-state index in [2.05, 4.69) is 35.0 Å². The molecule has 0 heterocycles. The maximum absolute atomic E-state index is 12.3. The monoisotopic (exact) mass is 367 g/mol. The second-order valence-corrected chi connectivity index (χ2v) is 6.84. The molecule has 2 amide bonds. The molecule has 142 valence electrons. The normalized spacial score (nSPS) is 14.6. The van der Waals surface area contributed by atoms with Crippen molar-refractivity contribution in [2.24, 2.45) is 11.8 Å². The van der Waals surface area contributed by atoms with Crippen LogP contribution in [-0.2, 0) is 9.53 Å². The summed E-state index contributed by atoms with van der Waals surface area (Å²) in [5.41, 5.74) is 6.72. The van der Waals surface area contributed by atoms with Crippen LogP contribution in [0.5, 0.6) is 0 Å². The molecule has 0 aromatic heterocycles. The Labute approximate surface area is 159 Å². The molecule has 6 heteroatoms. The van der Waals surface area contributed by atoms with Crippen molar-refractivity contribution in [3.63, 3.8) is 0 Å². The zero-order valence-corrected chi connectivity index (χ0v) is 15.6. The molecule has 0 unspecified atom stereocenters. The molecule has 1 aliphatic rings. The van der Waals surface area contributed by atoms with Crippen LogP contribution < -0.4 is 16.6 Å². The Morgan fingerprint density at radius 1 is 1.07 bits per heavy atom. The molecule has 2 atom stereocenters. The van der Waals surface area contributed by atoms with E-state index in [0.717, 1.165) is 17.5 Å². The molecule has 6 nitrogen and oxygen atoms in total. The number of hydrogen-bond acceptors (Lipinski definition) is 4. The summed E-state index contributed by atoms with van der Waals surface area (Å²) < 4.78 is 5.49. The van der Waals surface area contributed by atoms with Gasteiger partial charge in [-0.15, -0.1) is 0 Å². The van der Waals surface area contributed by atoms with Gasteiger partial charge in [0.25, 0.3) is 5.91 Å². The molecule has 2 aromatic carbocycles. The van der Waals surface area contributed by atoms with E-state index < -0.39 is 18.0 Å². The summed E-state index contributed by atoms with van der Waals surface area (Å²) in [6, 6.07) is 15.6. The SMILES string of the molecule is CC[C@H](C)[C@H](NC(=O)OCC1c2ccccc2-c2ccccc21)C(=O)NN. The number of ether oxygens (including phenoxy) is 1. The van der Waals surface area contributed by atoms with Crippen molar-refractivity contribution < 1.29 is 14.3 Å². The van der Waals surface area contributed by atoms with Crippen LogP contribution in [0.2, 0.25) is 0 Å². The second kappa shape index (κ2) is 8.22. The number of carbonyl (C=O) groups excluding carboxylic acids is 2. The second-order valence-electron chi connectivity index (χ2n) is 6.84. The van der Waals surface area contributed by atoms with Gasteiger partial charge in [-0.05, 0) is 28.2 Å². The lowest BCUT2D eigenvalue weighted by Crippen LogP contribution is -2.52. The van der Waals surface area contributed by atoms with Crippen molar-refractivity contribution in [1.82, 2.24) is 10.7 Å². The number of carbonyl (C=O) groups is 2. The van der Waals surface area contributed by atoms with Crippen LogP contribution in [0.4, 0.5) is 4.79 Å². The minimum absolute atomic E-state index is 0.0199. The highest BCUT2D eigenvalue weighted by molar-refractivity contribution is 5.85. The smallest absolute Gasteiger partial charge is 0.407 e. The van der Waals surface area contributed by atoms with E-state index in [0.29, 0.717) is 0 Å². The molecule has 0 aliphatic heterocycles. The van der Waals surface area contributed by atoms with Gasteiger partial charge in [-0.25, -0.2) is 10.6 Å². The molecule has 4 N–H and O–H groups in total. The third kappa shape index (κ3) is 3.80. The highest BCUT2D eigenvalue weighted by Gasteiger charge is 2.30. The first-order valence-corrected chi connectivity index (χ1v) is 9.18. The van der Waals surface area contributed by atoms with Crippen LogP contribution in [0.25, 0.3) is 11.1 Å². The van der Waals surface area contributed by atoms with Gasteiger partial charge in [-0.1, -0.05) is 68.8 Å². The third-order valence-electron chi connectivity index (χ3n) is 5.25. The summed E-state index contributed by atoms with van der Waals surface area (Å²) in [5.74, 6) is 4.72. The third-order valence-corrected chi connectivity index (χ3v) is 5.25. The first-order chi connectivity index (χ1) is 13.1. The molecule has 0 radical (unpaired) electrons. The average molecular weight is 367 g/mol. The van der Waals surface area contributed by atoms with Gasteiger partial charge in [0.1, 0.15) is 12.6 Å². The van der Waals surface area contributed by atoms with E-state index in [-0.39, 0.29) is 18.4 Å². The lowest BCUT2D eigenvalue weighted by molar-refractivity contribution is -0.124. The number of hydrogen-bond donors (Lipinski definition) is 3. The molecule has 1 aliphatic carbocycles. The first kappa shape index (κ1) is 18.9. The number of alkyl carbamates (subject to hydrolysis) is 1. The van der Waals surface area contributed by atoms with Crippen LogP contribution in [0.3, 0.4) is 0 Å². The van der Waals surface area contributed by atoms with Gasteiger partial charge in [0.2, 0.25) is 0 Å². The summed E-state index contributed by atoms with van der Waals surface area (Å²) in [6.45, 7) is 4.03. The Hall–Kier alpha value is -2.86. The largest absolute Gasteiger partial charge is 0.449 e. The summed E-state index contributed by atoms with van der Waals surface area (Å²) >= 11 is 0. The fourth-order valence-corrected chi connectivity index (χ4v) is 3.56. The average Bonchev–Trinajstić information content (AvgIpc) is 3.03. The zero-order chi connectivity index (χ0) is 19.4. The Bertz CT molecular complexity index is 791. The number of rotatable bonds is 6. The molecule has 27 heavy (non-hydrogen) atoms. The number of fused-ring (bicyclic) bond motifs is 3. The van der Waals surface area contributed by atoms with Crippen LogP contribution in [0, 0.1) is 5.92 Å². The summed E-state index contributed by atoms with van der Waals surface area (Å²) in [6.07, 6.45) is 0.104. The van der Waals surface area contributed by atoms with Crippen LogP contribution in [-0.4, -0.2) is 24.6 Å². The Balaban J connectivity index is 1.71. The topological polar surface area (TPSA) is 93.4 Å². The van der Waals surface area contributed by atoms with Crippen molar-refractivity contribution in [2.45, 2.75) is 32.2 Å². The van der Waals surface area contributed by atoms with Crippen molar-refractivity contribution in [3.8, 4) is 11.1 Å². The fraction of sp³-hybridized carbons (Fsp3) is 0.333. The minimum atomic E-state index is -0.726. The van der Waals surface area contributed by atoms with Crippen molar-refractivity contribution in [3.05, 3.63) is 59.7 Å². The summed E-state index contributed by atoms with van der Waals surface area (Å²) in [7, 11) is 0. The van der Waals surface area contributed by atoms with Gasteiger partial charge in [-0.3, -0.25) is 10.2 Å². The predicted octanol–water partition coefficient (Wildman–Crippen LogP) is 2.93. The lowest BCUT2D eigenvalue weighted by atomic mass is 9.98. The number of benzene rings is 2. The molecule has 3 rings (SSSR count). The van der Waals surface area contributed by atoms with Gasteiger partial charge in [0.05, 0.1) is 0 Å². The highest BCUT2D eigenvalue weighted by Crippen LogP contribution is 2.44. The maximum Gasteiger partial charge on any atom is 0.407 e. The predicted molar refractivity (Wildman–Crippen MR) is 104 cm³/mol. The van der Waals surface area contributed by atoms with Gasteiger partial charge < -0.3 is 10.1 Å². The molecular formula is C21H25N3O3. The number of hydrazine groups is 1. The van der Waals surface area contributed by atoms with Crippen LogP contribution in [0.1, 0.15) is 37.3 Å². The molecular weight excluding hydrogens is 342 g/mol. The molecule has 0 spiro atoms. The summed E-state index contributed by atoms with van der Waals surface area (Å²) in [4.78, 5) is 24.2. The Morgan fingerprint density at radius 3 is 2.15 bits per heavy atom. The molecule has 0 fully saturated rings. The standard InChI is InChI=1S/C21H25N3O3/c1-3-13(2)19(20(25)24-22)23-21(26)27-12-18-16-10-6-4-8-14(16)15-9-5-7-11-17(15)18/h4-11,13,18-19H,3,12,22H2,1-2H3,(H,23,26)(H,24,25)/t13-,19-/m0/s1. The maximum atomic E-state index is 12.3. The fourth-order valence-electron chi connectivity index (χ4n) is 3.56. The summed E-state index contributed by atoms with van der Waals surface area (Å²) in [5, 5.41) is 2.64. The van der Waals surface area contributed by atoms with Crippen LogP contribution >= 0.6 is 0 Å². The van der Waals surface area contributed by atoms with Gasteiger partial charge in [-0.2, -0.15) is 0 Å². The number of nitrogens with one attached hydrogen (secondary N) is 2. The zero-order valence-electron chi connectivity index (χ0n) is 15.6. The van der Waals surface area contributed by atoms with Crippen molar-refractivity contribution in [2.75, 3.05) is 6.61 Å². The van der Waals surface area contributed by atoms with E-state index in [4.69, 9.17) is 10.6 Å². The van der Waals surface area contributed by atoms with E-state index in [1.165, 1.54) is 11.1 Å². The van der Waals surface area contributed by atoms with E-state index in [9.17, 15) is 9.59 Å². The van der Waals surface area contributed by atoms with Gasteiger partial charge >= 0.3 is 6.09 Å². The quantitative estimate of drug-likeness (QED) is 0.416. The first-order valence-electron chi connectivity index (χ1n) is 9.18. The molecule has 0 saturated heterocycles. The minimum Gasteiger partial charge on any atom is -0.449 e. The Kier molecular flexibility index (Phi) is 5.76. The van der Waals surface area contributed by atoms with Crippen molar-refractivity contribution in [1.29, 1.82) is 0 Å².